The van der Waals surface area contributed by atoms with Gasteiger partial charge in [0.15, 0.2) is 0 Å². The van der Waals surface area contributed by atoms with Gasteiger partial charge in [0.05, 0.1) is 5.41 Å². The molecule has 1 saturated carbocycles. The molecule has 0 aliphatic heterocycles. The molecule has 0 aromatic carbocycles. The second kappa shape index (κ2) is 5.89. The zero-order chi connectivity index (χ0) is 12.9. The van der Waals surface area contributed by atoms with Crippen molar-refractivity contribution in [3.05, 3.63) is 12.7 Å². The molecule has 0 amide bonds. The van der Waals surface area contributed by atoms with Crippen molar-refractivity contribution < 1.29 is 14.4 Å². The Kier molecular flexibility index (Phi) is 4.79. The molecule has 0 aromatic rings. The Morgan fingerprint density at radius 3 is 2.82 bits per heavy atom. The average molecular weight is 236 g/mol. The van der Waals surface area contributed by atoms with Crippen LogP contribution < -0.4 is 0 Å². The molecule has 3 heteroatoms. The second-order valence-electron chi connectivity index (χ2n) is 4.95. The summed E-state index contributed by atoms with van der Waals surface area (Å²) in [7, 11) is 0. The molecule has 17 heavy (non-hydrogen) atoms. The molecule has 0 radical (unpaired) electrons. The van der Waals surface area contributed by atoms with Crippen LogP contribution in [-0.4, -0.2) is 17.9 Å². The quantitative estimate of drug-likeness (QED) is 0.404. The Morgan fingerprint density at radius 2 is 2.29 bits per heavy atom. The van der Waals surface area contributed by atoms with Crippen molar-refractivity contribution in [3.63, 3.8) is 0 Å². The number of carbonyl (C=O) groups is 3. The maximum atomic E-state index is 12.3. The molecule has 1 fully saturated rings. The molecule has 0 saturated heterocycles. The average Bonchev–Trinajstić information content (AvgIpc) is 2.31. The molecule has 2 atom stereocenters. The van der Waals surface area contributed by atoms with Gasteiger partial charge in [-0.05, 0) is 32.6 Å². The van der Waals surface area contributed by atoms with Gasteiger partial charge in [-0.2, -0.15) is 0 Å². The van der Waals surface area contributed by atoms with Crippen LogP contribution in [0.2, 0.25) is 0 Å². The molecule has 0 bridgehead atoms. The zero-order valence-electron chi connectivity index (χ0n) is 10.4. The van der Waals surface area contributed by atoms with Crippen LogP contribution in [0.15, 0.2) is 12.7 Å². The smallest absolute Gasteiger partial charge is 0.149 e. The Bertz CT molecular complexity index is 332. The molecule has 1 aliphatic rings. The molecule has 0 aromatic heterocycles. The third kappa shape index (κ3) is 3.11. The van der Waals surface area contributed by atoms with Crippen LogP contribution in [0, 0.1) is 11.3 Å². The summed E-state index contributed by atoms with van der Waals surface area (Å²) < 4.78 is 0. The molecule has 94 valence electrons. The van der Waals surface area contributed by atoms with Gasteiger partial charge < -0.3 is 9.59 Å². The van der Waals surface area contributed by atoms with Crippen LogP contribution in [0.25, 0.3) is 0 Å². The SMILES string of the molecule is C=CC[C@@H]1CCC[C@](C=O)(CCC(C)=O)C1=O. The largest absolute Gasteiger partial charge is 0.302 e. The Hall–Kier alpha value is -1.25. The first-order valence-corrected chi connectivity index (χ1v) is 6.16. The van der Waals surface area contributed by atoms with E-state index in [1.807, 2.05) is 0 Å². The summed E-state index contributed by atoms with van der Waals surface area (Å²) in [6.45, 7) is 5.14. The van der Waals surface area contributed by atoms with Gasteiger partial charge >= 0.3 is 0 Å². The lowest BCUT2D eigenvalue weighted by molar-refractivity contribution is -0.141. The van der Waals surface area contributed by atoms with E-state index in [4.69, 9.17) is 0 Å². The van der Waals surface area contributed by atoms with E-state index in [0.717, 1.165) is 19.1 Å². The highest BCUT2D eigenvalue weighted by molar-refractivity contribution is 6.00. The summed E-state index contributed by atoms with van der Waals surface area (Å²) in [4.78, 5) is 34.6. The number of ketones is 2. The first-order chi connectivity index (χ1) is 8.05. The first-order valence-electron chi connectivity index (χ1n) is 6.16. The Balaban J connectivity index is 2.81. The van der Waals surface area contributed by atoms with Crippen LogP contribution in [0.5, 0.6) is 0 Å². The van der Waals surface area contributed by atoms with Crippen molar-refractivity contribution in [1.29, 1.82) is 0 Å². The van der Waals surface area contributed by atoms with Gasteiger partial charge in [-0.3, -0.25) is 4.79 Å². The van der Waals surface area contributed by atoms with Gasteiger partial charge in [-0.1, -0.05) is 12.5 Å². The van der Waals surface area contributed by atoms with Gasteiger partial charge in [0.2, 0.25) is 0 Å². The van der Waals surface area contributed by atoms with Crippen LogP contribution in [0.1, 0.15) is 45.4 Å². The molecule has 3 nitrogen and oxygen atoms in total. The molecule has 0 spiro atoms. The van der Waals surface area contributed by atoms with E-state index in [2.05, 4.69) is 6.58 Å². The number of Topliss-reactive ketones (excluding diaryl/α,β-unsaturated/α-hetero) is 2. The number of carbonyl (C=O) groups excluding carboxylic acids is 3. The number of hydrogen-bond donors (Lipinski definition) is 0. The number of rotatable bonds is 6. The van der Waals surface area contributed by atoms with E-state index in [0.29, 0.717) is 25.7 Å². The highest BCUT2D eigenvalue weighted by Gasteiger charge is 2.43. The van der Waals surface area contributed by atoms with Crippen LogP contribution in [0.4, 0.5) is 0 Å². The zero-order valence-corrected chi connectivity index (χ0v) is 10.4. The van der Waals surface area contributed by atoms with Crippen molar-refractivity contribution >= 4 is 17.9 Å². The van der Waals surface area contributed by atoms with Crippen LogP contribution >= 0.6 is 0 Å². The summed E-state index contributed by atoms with van der Waals surface area (Å²) in [5.41, 5.74) is -0.905. The Labute approximate surface area is 102 Å². The van der Waals surface area contributed by atoms with Crippen molar-refractivity contribution in [1.82, 2.24) is 0 Å². The van der Waals surface area contributed by atoms with Crippen molar-refractivity contribution in [3.8, 4) is 0 Å². The highest BCUT2D eigenvalue weighted by Crippen LogP contribution is 2.39. The monoisotopic (exact) mass is 236 g/mol. The van der Waals surface area contributed by atoms with Crippen LogP contribution in [0.3, 0.4) is 0 Å². The van der Waals surface area contributed by atoms with Gasteiger partial charge in [-0.25, -0.2) is 0 Å². The fourth-order valence-electron chi connectivity index (χ4n) is 2.57. The van der Waals surface area contributed by atoms with Crippen molar-refractivity contribution in [2.45, 2.75) is 45.4 Å². The summed E-state index contributed by atoms with van der Waals surface area (Å²) in [6, 6.07) is 0. The normalized spacial score (nSPS) is 28.8. The lowest BCUT2D eigenvalue weighted by Crippen LogP contribution is -2.41. The molecule has 1 aliphatic carbocycles. The molecule has 0 N–H and O–H groups in total. The summed E-state index contributed by atoms with van der Waals surface area (Å²) in [6.07, 6.45) is 6.12. The maximum absolute atomic E-state index is 12.3. The molecular formula is C14H20O3. The van der Waals surface area contributed by atoms with Crippen molar-refractivity contribution in [2.75, 3.05) is 0 Å². The number of aldehydes is 1. The highest BCUT2D eigenvalue weighted by atomic mass is 16.1. The predicted molar refractivity (Wildman–Crippen MR) is 65.6 cm³/mol. The van der Waals surface area contributed by atoms with E-state index in [-0.39, 0.29) is 17.5 Å². The third-order valence-corrected chi connectivity index (χ3v) is 3.64. The minimum absolute atomic E-state index is 0.0138. The van der Waals surface area contributed by atoms with Gasteiger partial charge in [-0.15, -0.1) is 6.58 Å². The minimum atomic E-state index is -0.905. The fourth-order valence-corrected chi connectivity index (χ4v) is 2.57. The molecule has 1 rings (SSSR count). The van der Waals surface area contributed by atoms with Crippen molar-refractivity contribution in [2.24, 2.45) is 11.3 Å². The Morgan fingerprint density at radius 1 is 1.59 bits per heavy atom. The van der Waals surface area contributed by atoms with Gasteiger partial charge in [0.1, 0.15) is 17.9 Å². The minimum Gasteiger partial charge on any atom is -0.302 e. The van der Waals surface area contributed by atoms with Crippen LogP contribution in [-0.2, 0) is 14.4 Å². The second-order valence-corrected chi connectivity index (χ2v) is 4.95. The fraction of sp³-hybridized carbons (Fsp3) is 0.643. The van der Waals surface area contributed by atoms with E-state index >= 15 is 0 Å². The van der Waals surface area contributed by atoms with E-state index < -0.39 is 5.41 Å². The summed E-state index contributed by atoms with van der Waals surface area (Å²) in [5, 5.41) is 0. The lowest BCUT2D eigenvalue weighted by Gasteiger charge is -2.34. The summed E-state index contributed by atoms with van der Waals surface area (Å²) >= 11 is 0. The maximum Gasteiger partial charge on any atom is 0.149 e. The lowest BCUT2D eigenvalue weighted by atomic mass is 9.66. The first kappa shape index (κ1) is 13.8. The summed E-state index contributed by atoms with van der Waals surface area (Å²) in [5.74, 6) is -0.0387. The van der Waals surface area contributed by atoms with Gasteiger partial charge in [0.25, 0.3) is 0 Å². The van der Waals surface area contributed by atoms with E-state index in [9.17, 15) is 14.4 Å². The standard InChI is InChI=1S/C14H20O3/c1-3-5-12-6-4-8-14(10-15,13(12)17)9-7-11(2)16/h3,10,12H,1,4-9H2,2H3/t12-,14-/m1/s1. The molecule has 0 unspecified atom stereocenters. The number of allylic oxidation sites excluding steroid dienone is 1. The predicted octanol–water partition coefficient (Wildman–Crippen LogP) is 2.49. The van der Waals surface area contributed by atoms with Gasteiger partial charge in [0, 0.05) is 12.3 Å². The molecular weight excluding hydrogens is 216 g/mol. The van der Waals surface area contributed by atoms with E-state index in [1.54, 1.807) is 6.08 Å². The number of hydrogen-bond acceptors (Lipinski definition) is 3. The topological polar surface area (TPSA) is 51.2 Å². The molecule has 0 heterocycles. The third-order valence-electron chi connectivity index (χ3n) is 3.64. The van der Waals surface area contributed by atoms with E-state index in [1.165, 1.54) is 6.92 Å².